The zero-order valence-corrected chi connectivity index (χ0v) is 12.9. The van der Waals surface area contributed by atoms with Crippen LogP contribution in [-0.2, 0) is 0 Å². The van der Waals surface area contributed by atoms with Crippen molar-refractivity contribution in [2.75, 3.05) is 12.5 Å². The Bertz CT molecular complexity index is 986. The zero-order chi connectivity index (χ0) is 16.7. The van der Waals surface area contributed by atoms with Crippen LogP contribution in [0.15, 0.2) is 40.8 Å². The number of aromatic nitrogens is 1. The molecule has 3 aromatic rings. The highest BCUT2D eigenvalue weighted by Crippen LogP contribution is 2.38. The number of nitrogen functional groups attached to an aromatic ring is 1. The van der Waals surface area contributed by atoms with E-state index in [2.05, 4.69) is 11.1 Å². The minimum absolute atomic E-state index is 0.200. The molecular weight excluding hydrogens is 306 g/mol. The SMILES string of the molecule is Cc1ccc(-c2cc(-c3ccc4c(c3)OCO4)c(C#N)c(N)[nH+]2)o1. The van der Waals surface area contributed by atoms with E-state index in [1.54, 1.807) is 0 Å². The van der Waals surface area contributed by atoms with Crippen LogP contribution in [0, 0.1) is 18.3 Å². The molecule has 0 saturated carbocycles. The van der Waals surface area contributed by atoms with Crippen LogP contribution in [-0.4, -0.2) is 6.79 Å². The number of furan rings is 1. The van der Waals surface area contributed by atoms with Crippen molar-refractivity contribution in [3.8, 4) is 40.1 Å². The number of aryl methyl sites for hydroxylation is 1. The number of aromatic amines is 1. The summed E-state index contributed by atoms with van der Waals surface area (Å²) in [6.07, 6.45) is 0. The van der Waals surface area contributed by atoms with Gasteiger partial charge in [-0.25, -0.2) is 4.98 Å². The number of nitrogens with two attached hydrogens (primary N) is 1. The van der Waals surface area contributed by atoms with Crippen LogP contribution in [0.2, 0.25) is 0 Å². The van der Waals surface area contributed by atoms with E-state index in [1.807, 2.05) is 43.3 Å². The minimum Gasteiger partial charge on any atom is -0.458 e. The maximum Gasteiger partial charge on any atom is 0.289 e. The van der Waals surface area contributed by atoms with Crippen molar-refractivity contribution in [3.05, 3.63) is 47.7 Å². The highest BCUT2D eigenvalue weighted by Gasteiger charge is 2.21. The molecule has 0 radical (unpaired) electrons. The second-order valence-corrected chi connectivity index (χ2v) is 5.48. The fourth-order valence-electron chi connectivity index (χ4n) is 2.73. The molecular formula is C18H14N3O3+. The summed E-state index contributed by atoms with van der Waals surface area (Å²) < 4.78 is 16.4. The number of pyridine rings is 1. The van der Waals surface area contributed by atoms with Crippen LogP contribution in [0.4, 0.5) is 5.82 Å². The Kier molecular flexibility index (Phi) is 3.14. The van der Waals surface area contributed by atoms with Crippen LogP contribution in [0.25, 0.3) is 22.6 Å². The number of nitrogens with zero attached hydrogens (tertiary/aromatic N) is 1. The lowest BCUT2D eigenvalue weighted by atomic mass is 9.99. The van der Waals surface area contributed by atoms with Crippen molar-refractivity contribution in [1.29, 1.82) is 5.26 Å². The summed E-state index contributed by atoms with van der Waals surface area (Å²) in [5.74, 6) is 3.08. The number of nitrogens with one attached hydrogen (secondary N) is 1. The summed E-state index contributed by atoms with van der Waals surface area (Å²) >= 11 is 0. The average molecular weight is 320 g/mol. The summed E-state index contributed by atoms with van der Waals surface area (Å²) in [6.45, 7) is 2.07. The van der Waals surface area contributed by atoms with E-state index in [9.17, 15) is 5.26 Å². The van der Waals surface area contributed by atoms with Crippen LogP contribution in [0.5, 0.6) is 11.5 Å². The van der Waals surface area contributed by atoms with E-state index in [0.29, 0.717) is 34.1 Å². The summed E-state index contributed by atoms with van der Waals surface area (Å²) in [7, 11) is 0. The van der Waals surface area contributed by atoms with Gasteiger partial charge in [-0.05, 0) is 42.8 Å². The molecule has 0 unspecified atom stereocenters. The Morgan fingerprint density at radius 3 is 2.71 bits per heavy atom. The molecule has 6 heteroatoms. The Labute approximate surface area is 138 Å². The third-order valence-corrected chi connectivity index (χ3v) is 3.90. The van der Waals surface area contributed by atoms with Gasteiger partial charge < -0.3 is 13.9 Å². The maximum atomic E-state index is 9.49. The van der Waals surface area contributed by atoms with E-state index >= 15 is 0 Å². The van der Waals surface area contributed by atoms with Gasteiger partial charge in [-0.1, -0.05) is 6.07 Å². The first kappa shape index (κ1) is 14.2. The average Bonchev–Trinajstić information content (AvgIpc) is 3.22. The smallest absolute Gasteiger partial charge is 0.289 e. The van der Waals surface area contributed by atoms with Crippen LogP contribution >= 0.6 is 0 Å². The fraction of sp³-hybridized carbons (Fsp3) is 0.111. The van der Waals surface area contributed by atoms with E-state index in [4.69, 9.17) is 19.6 Å². The van der Waals surface area contributed by atoms with Gasteiger partial charge in [0, 0.05) is 5.56 Å². The lowest BCUT2D eigenvalue weighted by molar-refractivity contribution is -0.348. The fourth-order valence-corrected chi connectivity index (χ4v) is 2.73. The molecule has 3 N–H and O–H groups in total. The zero-order valence-electron chi connectivity index (χ0n) is 12.9. The number of rotatable bonds is 2. The van der Waals surface area contributed by atoms with Crippen LogP contribution in [0.1, 0.15) is 11.3 Å². The number of fused-ring (bicyclic) bond motifs is 1. The molecule has 1 aromatic carbocycles. The van der Waals surface area contributed by atoms with Crippen molar-refractivity contribution in [2.45, 2.75) is 6.92 Å². The second-order valence-electron chi connectivity index (χ2n) is 5.48. The molecule has 4 rings (SSSR count). The number of benzene rings is 1. The number of hydrogen-bond acceptors (Lipinski definition) is 5. The van der Waals surface area contributed by atoms with E-state index in [0.717, 1.165) is 11.3 Å². The van der Waals surface area contributed by atoms with Gasteiger partial charge in [-0.15, -0.1) is 0 Å². The summed E-state index contributed by atoms with van der Waals surface area (Å²) in [6, 6.07) is 13.3. The van der Waals surface area contributed by atoms with Crippen molar-refractivity contribution in [2.24, 2.45) is 0 Å². The summed E-state index contributed by atoms with van der Waals surface area (Å²) in [5.41, 5.74) is 8.65. The molecule has 24 heavy (non-hydrogen) atoms. The van der Waals surface area contributed by atoms with Gasteiger partial charge in [0.05, 0.1) is 0 Å². The molecule has 1 aliphatic heterocycles. The van der Waals surface area contributed by atoms with Gasteiger partial charge in [0.15, 0.2) is 23.0 Å². The van der Waals surface area contributed by atoms with Gasteiger partial charge in [0.1, 0.15) is 17.4 Å². The van der Waals surface area contributed by atoms with Crippen molar-refractivity contribution in [1.82, 2.24) is 0 Å². The van der Waals surface area contributed by atoms with Crippen molar-refractivity contribution >= 4 is 5.82 Å². The normalized spacial score (nSPS) is 12.2. The predicted octanol–water partition coefficient (Wildman–Crippen LogP) is 2.92. The van der Waals surface area contributed by atoms with Crippen molar-refractivity contribution in [3.63, 3.8) is 0 Å². The first-order valence-corrected chi connectivity index (χ1v) is 7.38. The quantitative estimate of drug-likeness (QED) is 0.783. The van der Waals surface area contributed by atoms with Crippen LogP contribution in [0.3, 0.4) is 0 Å². The highest BCUT2D eigenvalue weighted by atomic mass is 16.7. The van der Waals surface area contributed by atoms with Gasteiger partial charge in [0.25, 0.3) is 5.82 Å². The number of anilines is 1. The number of hydrogen-bond donors (Lipinski definition) is 1. The molecule has 0 saturated heterocycles. The lowest BCUT2D eigenvalue weighted by Crippen LogP contribution is -2.16. The van der Waals surface area contributed by atoms with E-state index in [-0.39, 0.29) is 12.6 Å². The molecule has 6 nitrogen and oxygen atoms in total. The molecule has 2 aromatic heterocycles. The third kappa shape index (κ3) is 2.23. The number of H-pyrrole nitrogens is 1. The largest absolute Gasteiger partial charge is 0.458 e. The third-order valence-electron chi connectivity index (χ3n) is 3.90. The number of ether oxygens (including phenoxy) is 2. The predicted molar refractivity (Wildman–Crippen MR) is 86.1 cm³/mol. The number of nitriles is 1. The first-order valence-electron chi connectivity index (χ1n) is 7.38. The molecule has 0 amide bonds. The highest BCUT2D eigenvalue weighted by molar-refractivity contribution is 5.78. The van der Waals surface area contributed by atoms with E-state index < -0.39 is 0 Å². The van der Waals surface area contributed by atoms with Gasteiger partial charge in [0.2, 0.25) is 6.79 Å². The second kappa shape index (κ2) is 5.32. The molecule has 118 valence electrons. The molecule has 1 aliphatic rings. The van der Waals surface area contributed by atoms with Gasteiger partial charge in [-0.3, -0.25) is 5.73 Å². The Morgan fingerprint density at radius 1 is 1.12 bits per heavy atom. The first-order chi connectivity index (χ1) is 11.7. The maximum absolute atomic E-state index is 9.49. The minimum atomic E-state index is 0.200. The molecule has 0 bridgehead atoms. The van der Waals surface area contributed by atoms with Crippen LogP contribution < -0.4 is 20.2 Å². The Morgan fingerprint density at radius 2 is 1.96 bits per heavy atom. The molecule has 3 heterocycles. The summed E-state index contributed by atoms with van der Waals surface area (Å²) in [4.78, 5) is 3.02. The van der Waals surface area contributed by atoms with E-state index in [1.165, 1.54) is 0 Å². The Hall–Kier alpha value is -3.46. The van der Waals surface area contributed by atoms with Gasteiger partial charge >= 0.3 is 0 Å². The lowest BCUT2D eigenvalue weighted by Gasteiger charge is -2.07. The summed E-state index contributed by atoms with van der Waals surface area (Å²) in [5, 5.41) is 9.49. The standard InChI is InChI=1S/C18H13N3O3/c1-10-2-4-15(24-10)14-7-12(13(8-19)18(20)21-14)11-3-5-16-17(6-11)23-9-22-16/h2-7H,9H2,1H3,(H2,20,21)/p+1. The monoisotopic (exact) mass is 320 g/mol. The van der Waals surface area contributed by atoms with Gasteiger partial charge in [-0.2, -0.15) is 5.26 Å². The molecule has 0 aliphatic carbocycles. The molecule has 0 atom stereocenters. The topological polar surface area (TPSA) is 95.5 Å². The molecule has 0 fully saturated rings. The Balaban J connectivity index is 1.90. The molecule has 0 spiro atoms. The van der Waals surface area contributed by atoms with Crippen molar-refractivity contribution < 1.29 is 18.9 Å².